The maximum Gasteiger partial charge on any atom is 0.311 e. The fourth-order valence-corrected chi connectivity index (χ4v) is 18.0. The highest BCUT2D eigenvalue weighted by Crippen LogP contribution is 2.44. The van der Waals surface area contributed by atoms with Gasteiger partial charge in [0.05, 0.1) is 24.5 Å². The minimum atomic E-state index is -1.55. The Kier molecular flexibility index (Phi) is 44.2. The van der Waals surface area contributed by atoms with Crippen LogP contribution >= 0.6 is 0 Å². The Labute approximate surface area is 501 Å². The van der Waals surface area contributed by atoms with Gasteiger partial charge in [0, 0.05) is 36.0 Å². The van der Waals surface area contributed by atoms with Crippen molar-refractivity contribution in [3.8, 4) is 70.7 Å². The lowest BCUT2D eigenvalue weighted by atomic mass is 9.83. The Morgan fingerprint density at radius 1 is 0.562 bits per heavy atom. The molecule has 0 aromatic rings. The lowest BCUT2D eigenvalue weighted by Crippen LogP contribution is -2.43. The Bertz CT molecular complexity index is 2000. The highest BCUT2D eigenvalue weighted by Gasteiger charge is 2.43. The van der Waals surface area contributed by atoms with Crippen LogP contribution in [0.5, 0.6) is 0 Å². The highest BCUT2D eigenvalue weighted by molar-refractivity contribution is 6.90. The second kappa shape index (κ2) is 45.0. The lowest BCUT2D eigenvalue weighted by Gasteiger charge is -2.38. The van der Waals surface area contributed by atoms with E-state index in [0.717, 1.165) is 91.2 Å². The van der Waals surface area contributed by atoms with Crippen LogP contribution in [0.2, 0.25) is 16.6 Å². The first-order chi connectivity index (χ1) is 37.7. The summed E-state index contributed by atoms with van der Waals surface area (Å²) in [6.45, 7) is 48.7. The molecule has 0 aliphatic heterocycles. The van der Waals surface area contributed by atoms with Crippen LogP contribution in [-0.2, 0) is 19.1 Å². The summed E-state index contributed by atoms with van der Waals surface area (Å²) in [6, 6.07) is 0. The zero-order valence-electron chi connectivity index (χ0n) is 56.9. The van der Waals surface area contributed by atoms with Crippen molar-refractivity contribution in [1.82, 2.24) is 0 Å². The van der Waals surface area contributed by atoms with Gasteiger partial charge < -0.3 is 9.47 Å². The zero-order valence-corrected chi connectivity index (χ0v) is 57.9. The molecule has 4 rings (SSSR count). The van der Waals surface area contributed by atoms with Gasteiger partial charge in [-0.2, -0.15) is 0 Å². The topological polar surface area (TPSA) is 52.6 Å². The number of carbonyl (C=O) groups excluding carboxylic acids is 2. The molecule has 4 nitrogen and oxygen atoms in total. The number of esters is 2. The number of hydrogen-bond donors (Lipinski definition) is 0. The predicted molar refractivity (Wildman–Crippen MR) is 353 cm³/mol. The van der Waals surface area contributed by atoms with Crippen LogP contribution in [0.4, 0.5) is 0 Å². The van der Waals surface area contributed by atoms with Crippen molar-refractivity contribution in [2.24, 2.45) is 70.0 Å². The normalized spacial score (nSPS) is 24.2. The first-order valence-electron chi connectivity index (χ1n) is 32.6. The molecule has 0 amide bonds. The van der Waals surface area contributed by atoms with Crippen molar-refractivity contribution in [3.05, 3.63) is 0 Å². The molecule has 0 N–H and O–H groups in total. The number of rotatable bonds is 16. The summed E-state index contributed by atoms with van der Waals surface area (Å²) in [6.07, 6.45) is 26.8. The molecule has 4 aliphatic carbocycles. The van der Waals surface area contributed by atoms with E-state index in [1.165, 1.54) is 103 Å². The minimum Gasteiger partial charge on any atom is -0.469 e. The molecule has 0 saturated heterocycles. The van der Waals surface area contributed by atoms with Crippen LogP contribution in [0.15, 0.2) is 0 Å². The molecule has 4 aliphatic rings. The predicted octanol–water partition coefficient (Wildman–Crippen LogP) is 21.0. The van der Waals surface area contributed by atoms with E-state index in [4.69, 9.17) is 9.47 Å². The zero-order chi connectivity index (χ0) is 61.3. The van der Waals surface area contributed by atoms with E-state index < -0.39 is 8.07 Å². The summed E-state index contributed by atoms with van der Waals surface area (Å²) in [5.74, 6) is 41.4. The summed E-state index contributed by atoms with van der Waals surface area (Å²) in [5.41, 5.74) is 5.61. The first-order valence-corrected chi connectivity index (χ1v) is 34.8. The summed E-state index contributed by atoms with van der Waals surface area (Å²) in [7, 11) is -0.0992. The Balaban J connectivity index is 0. The monoisotopic (exact) mass is 1120 g/mol. The molecule has 0 aromatic carbocycles. The second-order valence-corrected chi connectivity index (χ2v) is 32.5. The van der Waals surface area contributed by atoms with Crippen LogP contribution in [0.1, 0.15) is 294 Å². The molecule has 4 saturated carbocycles. The smallest absolute Gasteiger partial charge is 0.311 e. The number of hydrogen-bond acceptors (Lipinski definition) is 4. The van der Waals surface area contributed by atoms with E-state index in [1.54, 1.807) is 0 Å². The minimum absolute atomic E-state index is 0.0552. The van der Waals surface area contributed by atoms with Gasteiger partial charge in [0.25, 0.3) is 0 Å². The molecule has 0 aromatic heterocycles. The maximum atomic E-state index is 11.6. The summed E-state index contributed by atoms with van der Waals surface area (Å²) in [5, 5.41) is 0. The molecule has 0 bridgehead atoms. The maximum absolute atomic E-state index is 11.6. The van der Waals surface area contributed by atoms with Crippen LogP contribution in [0.25, 0.3) is 0 Å². The standard InChI is InChI=1S/C21H42Si.C12H18O2.C11H16O2.C11H20.2C10H16/c1-10-11-12-13-21(16-17(2)3)14-15-22(18(4)5,19(6)7)20(8)9;1-4-6-10-7-8-12(3,9-10)11(13)14-5-2;1-4-5-9-6-7-11(2,8-9)10(12)13-3;1-5-6-7-11(4)9-8-10(2)3;2*1-3-5-10-7-4-6-9(2)8-10/h17-21H,10-13,16H2,1-9H3;10H,5,7-9H2,1-3H3;9H,6-8H2,1-3H3;10-11H,7-9H2,1-4H3;2*9-10H,4,6-8H2,1-2H3/t;;;;9-,10?;/m....0./s1. The quantitative estimate of drug-likeness (QED) is 0.0669. The molecule has 10 atom stereocenters. The number of methoxy groups -OCH3 is 1. The second-order valence-electron chi connectivity index (χ2n) is 26.9. The first kappa shape index (κ1) is 78.6. The molecule has 0 radical (unpaired) electrons. The fraction of sp³-hybridized carbons (Fsp3) is 0.813. The van der Waals surface area contributed by atoms with E-state index in [0.29, 0.717) is 36.2 Å². The lowest BCUT2D eigenvalue weighted by molar-refractivity contribution is -0.154. The van der Waals surface area contributed by atoms with Crippen molar-refractivity contribution in [1.29, 1.82) is 0 Å². The summed E-state index contributed by atoms with van der Waals surface area (Å²) >= 11 is 0. The van der Waals surface area contributed by atoms with Gasteiger partial charge >= 0.3 is 11.9 Å². The molecule has 9 unspecified atom stereocenters. The third-order valence-corrected chi connectivity index (χ3v) is 23.6. The molecule has 4 fully saturated rings. The van der Waals surface area contributed by atoms with E-state index >= 15 is 0 Å². The Morgan fingerprint density at radius 3 is 1.38 bits per heavy atom. The Hall–Kier alpha value is -3.48. The SMILES string of the molecule is CC#CC1CCC(C)(C(=O)OC)C1.CC#CC1CCC(C)(C(=O)OCC)C1.CC#CC1CCCC(C)C1.CC#CC1CCC[C@H](C)C1.CC#CCC(C)CCC(C)C.CCCCCC(C#C[Si](C(C)C)(C(C)C)C(C)C)CC(C)C. The summed E-state index contributed by atoms with van der Waals surface area (Å²) in [4.78, 5) is 23.1. The molecule has 80 heavy (non-hydrogen) atoms. The van der Waals surface area contributed by atoms with Crippen molar-refractivity contribution >= 4 is 20.0 Å². The van der Waals surface area contributed by atoms with Crippen LogP contribution < -0.4 is 0 Å². The van der Waals surface area contributed by atoms with Crippen LogP contribution in [-0.4, -0.2) is 33.7 Å². The van der Waals surface area contributed by atoms with Gasteiger partial charge in [-0.3, -0.25) is 9.59 Å². The third-order valence-electron chi connectivity index (χ3n) is 17.3. The van der Waals surface area contributed by atoms with E-state index in [2.05, 4.69) is 168 Å². The number of carbonyl (C=O) groups is 2. The van der Waals surface area contributed by atoms with E-state index in [1.807, 2.05) is 55.4 Å². The third kappa shape index (κ3) is 33.6. The van der Waals surface area contributed by atoms with Crippen LogP contribution in [0, 0.1) is 141 Å². The largest absolute Gasteiger partial charge is 0.469 e. The molecule has 5 heteroatoms. The number of unbranched alkanes of at least 4 members (excludes halogenated alkanes) is 2. The van der Waals surface area contributed by atoms with Gasteiger partial charge in [-0.1, -0.05) is 148 Å². The van der Waals surface area contributed by atoms with Crippen molar-refractivity contribution < 1.29 is 19.1 Å². The number of ether oxygens (including phenoxy) is 2. The van der Waals surface area contributed by atoms with E-state index in [9.17, 15) is 9.59 Å². The fourth-order valence-electron chi connectivity index (χ4n) is 12.7. The summed E-state index contributed by atoms with van der Waals surface area (Å²) < 4.78 is 9.84. The average Bonchev–Trinajstić information content (AvgIpc) is 3.98. The van der Waals surface area contributed by atoms with Crippen molar-refractivity contribution in [2.45, 2.75) is 310 Å². The van der Waals surface area contributed by atoms with E-state index in [-0.39, 0.29) is 22.8 Å². The molecule has 0 spiro atoms. The molecule has 0 heterocycles. The van der Waals surface area contributed by atoms with Gasteiger partial charge in [0.2, 0.25) is 0 Å². The Morgan fingerprint density at radius 2 is 1.01 bits per heavy atom. The van der Waals surface area contributed by atoms with Crippen LogP contribution in [0.3, 0.4) is 0 Å². The van der Waals surface area contributed by atoms with Gasteiger partial charge in [0.15, 0.2) is 0 Å². The van der Waals surface area contributed by atoms with Gasteiger partial charge in [-0.25, -0.2) is 0 Å². The average molecular weight is 1120 g/mol. The van der Waals surface area contributed by atoms with Gasteiger partial charge in [-0.15, -0.1) is 70.7 Å². The van der Waals surface area contributed by atoms with Crippen molar-refractivity contribution in [3.63, 3.8) is 0 Å². The van der Waals surface area contributed by atoms with Gasteiger partial charge in [-0.05, 0) is 185 Å². The highest BCUT2D eigenvalue weighted by atomic mass is 28.3. The van der Waals surface area contributed by atoms with Gasteiger partial charge in [0.1, 0.15) is 8.07 Å². The van der Waals surface area contributed by atoms with Crippen molar-refractivity contribution in [2.75, 3.05) is 13.7 Å². The molecular formula is C75H128O4Si. The molecular weight excluding hydrogens is 993 g/mol. The molecule has 456 valence electrons.